The molecule has 1 aromatic heterocycles. The molecule has 9 nitrogen and oxygen atoms in total. The molecule has 1 aliphatic rings. The van der Waals surface area contributed by atoms with Crippen molar-refractivity contribution < 1.29 is 29.2 Å². The van der Waals surface area contributed by atoms with Crippen LogP contribution in [0.5, 0.6) is 11.5 Å². The number of aliphatic hydroxyl groups is 2. The standard InChI is InChI=1S/C21H27N3O6/c1-12(2)9-20(3,22)21(26,27)30-14-5-6-15-16-8-18(24-19(25)28-4)23-10-13(16)11-29-17(15)7-14/h5-8,10,12,26-27H,9,11,22H2,1-4H3,(H,23,24,25). The molecule has 0 bridgehead atoms. The molecule has 2 aromatic rings. The highest BCUT2D eigenvalue weighted by molar-refractivity contribution is 5.85. The molecule has 1 amide bonds. The van der Waals surface area contributed by atoms with E-state index in [2.05, 4.69) is 15.0 Å². The molecule has 162 valence electrons. The Balaban J connectivity index is 1.87. The fourth-order valence-corrected chi connectivity index (χ4v) is 3.40. The van der Waals surface area contributed by atoms with Gasteiger partial charge in [0.2, 0.25) is 0 Å². The van der Waals surface area contributed by atoms with Crippen molar-refractivity contribution in [3.63, 3.8) is 0 Å². The van der Waals surface area contributed by atoms with E-state index in [0.717, 1.165) is 16.7 Å². The monoisotopic (exact) mass is 417 g/mol. The largest absolute Gasteiger partial charge is 0.488 e. The molecule has 0 aliphatic carbocycles. The van der Waals surface area contributed by atoms with Gasteiger partial charge in [0.1, 0.15) is 29.5 Å². The number of anilines is 1. The molecule has 1 unspecified atom stereocenters. The first kappa shape index (κ1) is 21.8. The molecule has 1 atom stereocenters. The molecule has 30 heavy (non-hydrogen) atoms. The van der Waals surface area contributed by atoms with Gasteiger partial charge in [0, 0.05) is 23.4 Å². The zero-order chi connectivity index (χ0) is 22.1. The minimum Gasteiger partial charge on any atom is -0.488 e. The number of nitrogens with one attached hydrogen (secondary N) is 1. The number of aromatic nitrogens is 1. The van der Waals surface area contributed by atoms with E-state index in [-0.39, 0.29) is 18.3 Å². The molecule has 9 heteroatoms. The number of amides is 1. The third-order valence-corrected chi connectivity index (χ3v) is 4.86. The summed E-state index contributed by atoms with van der Waals surface area (Å²) in [6.45, 7) is 5.66. The van der Waals surface area contributed by atoms with Crippen molar-refractivity contribution in [2.24, 2.45) is 11.7 Å². The fourth-order valence-electron chi connectivity index (χ4n) is 3.40. The van der Waals surface area contributed by atoms with Gasteiger partial charge in [-0.25, -0.2) is 9.78 Å². The van der Waals surface area contributed by atoms with Crippen molar-refractivity contribution in [3.05, 3.63) is 36.0 Å². The van der Waals surface area contributed by atoms with Gasteiger partial charge in [-0.2, -0.15) is 0 Å². The number of pyridine rings is 1. The van der Waals surface area contributed by atoms with Gasteiger partial charge in [0.15, 0.2) is 0 Å². The van der Waals surface area contributed by atoms with Crippen molar-refractivity contribution in [3.8, 4) is 22.6 Å². The highest BCUT2D eigenvalue weighted by atomic mass is 16.8. The van der Waals surface area contributed by atoms with Crippen molar-refractivity contribution in [2.75, 3.05) is 12.4 Å². The minimum atomic E-state index is -2.57. The third-order valence-electron chi connectivity index (χ3n) is 4.86. The number of ether oxygens (including phenoxy) is 3. The zero-order valence-corrected chi connectivity index (χ0v) is 17.4. The minimum absolute atomic E-state index is 0.145. The molecule has 1 aromatic carbocycles. The number of rotatable bonds is 6. The molecular weight excluding hydrogens is 390 g/mol. The van der Waals surface area contributed by atoms with Crippen LogP contribution in [0.25, 0.3) is 11.1 Å². The van der Waals surface area contributed by atoms with Gasteiger partial charge in [-0.3, -0.25) is 5.32 Å². The van der Waals surface area contributed by atoms with Crippen molar-refractivity contribution in [1.82, 2.24) is 4.98 Å². The Morgan fingerprint density at radius 2 is 2.07 bits per heavy atom. The van der Waals surface area contributed by atoms with Crippen LogP contribution in [0.3, 0.4) is 0 Å². The van der Waals surface area contributed by atoms with E-state index in [9.17, 15) is 15.0 Å². The second-order valence-corrected chi connectivity index (χ2v) is 8.02. The summed E-state index contributed by atoms with van der Waals surface area (Å²) in [5.74, 6) is -1.39. The van der Waals surface area contributed by atoms with E-state index >= 15 is 0 Å². The highest BCUT2D eigenvalue weighted by Crippen LogP contribution is 2.41. The maximum atomic E-state index is 11.4. The summed E-state index contributed by atoms with van der Waals surface area (Å²) in [6, 6.07) is 6.61. The van der Waals surface area contributed by atoms with Crippen LogP contribution in [0.1, 0.15) is 32.8 Å². The van der Waals surface area contributed by atoms with Crippen LogP contribution >= 0.6 is 0 Å². The average molecular weight is 417 g/mol. The van der Waals surface area contributed by atoms with Gasteiger partial charge in [0.25, 0.3) is 0 Å². The van der Waals surface area contributed by atoms with Crippen molar-refractivity contribution in [1.29, 1.82) is 0 Å². The second kappa shape index (κ2) is 8.10. The Hall–Kier alpha value is -2.88. The fraction of sp³-hybridized carbons (Fsp3) is 0.429. The van der Waals surface area contributed by atoms with E-state index in [1.54, 1.807) is 30.5 Å². The van der Waals surface area contributed by atoms with Gasteiger partial charge in [-0.15, -0.1) is 0 Å². The molecule has 0 spiro atoms. The number of fused-ring (bicyclic) bond motifs is 3. The SMILES string of the molecule is COC(=O)Nc1cc2c(cn1)COc1cc(OC(O)(O)C(C)(N)CC(C)C)ccc1-2. The lowest BCUT2D eigenvalue weighted by Gasteiger charge is -2.38. The van der Waals surface area contributed by atoms with Gasteiger partial charge in [-0.05, 0) is 43.0 Å². The predicted molar refractivity (Wildman–Crippen MR) is 110 cm³/mol. The molecule has 0 radical (unpaired) electrons. The zero-order valence-electron chi connectivity index (χ0n) is 17.4. The lowest BCUT2D eigenvalue weighted by Crippen LogP contribution is -2.62. The molecule has 0 saturated heterocycles. The number of methoxy groups -OCH3 is 1. The summed E-state index contributed by atoms with van der Waals surface area (Å²) in [7, 11) is 1.27. The molecule has 0 saturated carbocycles. The smallest absolute Gasteiger partial charge is 0.412 e. The summed E-state index contributed by atoms with van der Waals surface area (Å²) >= 11 is 0. The molecule has 1 aliphatic heterocycles. The summed E-state index contributed by atoms with van der Waals surface area (Å²) in [5, 5.41) is 23.4. The summed E-state index contributed by atoms with van der Waals surface area (Å²) < 4.78 is 15.8. The van der Waals surface area contributed by atoms with Crippen LogP contribution in [0.4, 0.5) is 10.6 Å². The van der Waals surface area contributed by atoms with E-state index in [1.165, 1.54) is 14.0 Å². The van der Waals surface area contributed by atoms with Gasteiger partial charge >= 0.3 is 12.1 Å². The Morgan fingerprint density at radius 1 is 1.33 bits per heavy atom. The Kier molecular flexibility index (Phi) is 5.89. The lowest BCUT2D eigenvalue weighted by molar-refractivity contribution is -0.329. The summed E-state index contributed by atoms with van der Waals surface area (Å²) in [5.41, 5.74) is 7.14. The predicted octanol–water partition coefficient (Wildman–Crippen LogP) is 2.60. The maximum Gasteiger partial charge on any atom is 0.412 e. The Morgan fingerprint density at radius 3 is 2.73 bits per heavy atom. The second-order valence-electron chi connectivity index (χ2n) is 8.02. The number of hydrogen-bond donors (Lipinski definition) is 4. The molecule has 5 N–H and O–H groups in total. The van der Waals surface area contributed by atoms with Gasteiger partial charge < -0.3 is 30.2 Å². The first-order chi connectivity index (χ1) is 14.0. The highest BCUT2D eigenvalue weighted by Gasteiger charge is 2.46. The number of benzene rings is 1. The van der Waals surface area contributed by atoms with Crippen LogP contribution < -0.4 is 20.5 Å². The van der Waals surface area contributed by atoms with E-state index in [4.69, 9.17) is 15.2 Å². The Labute approximate surface area is 174 Å². The summed E-state index contributed by atoms with van der Waals surface area (Å²) in [6.07, 6.45) is 1.34. The van der Waals surface area contributed by atoms with Crippen molar-refractivity contribution in [2.45, 2.75) is 45.3 Å². The maximum absolute atomic E-state index is 11.4. The number of carbonyl (C=O) groups is 1. The molecule has 2 heterocycles. The first-order valence-corrected chi connectivity index (χ1v) is 9.56. The van der Waals surface area contributed by atoms with Gasteiger partial charge in [-0.1, -0.05) is 13.8 Å². The number of hydrogen-bond acceptors (Lipinski definition) is 8. The van der Waals surface area contributed by atoms with Crippen LogP contribution in [0, 0.1) is 5.92 Å². The molecular formula is C21H27N3O6. The number of carbonyl (C=O) groups excluding carboxylic acids is 1. The van der Waals surface area contributed by atoms with Crippen LogP contribution in [-0.2, 0) is 11.3 Å². The number of nitrogens with zero attached hydrogens (tertiary/aromatic N) is 1. The average Bonchev–Trinajstić information content (AvgIpc) is 2.66. The quantitative estimate of drug-likeness (QED) is 0.527. The van der Waals surface area contributed by atoms with Gasteiger partial charge in [0.05, 0.1) is 7.11 Å². The topological polar surface area (TPSA) is 136 Å². The van der Waals surface area contributed by atoms with E-state index < -0.39 is 17.6 Å². The first-order valence-electron chi connectivity index (χ1n) is 9.56. The number of nitrogens with two attached hydrogens (primary N) is 1. The lowest BCUT2D eigenvalue weighted by atomic mass is 9.89. The van der Waals surface area contributed by atoms with Crippen molar-refractivity contribution >= 4 is 11.9 Å². The van der Waals surface area contributed by atoms with E-state index in [0.29, 0.717) is 18.0 Å². The van der Waals surface area contributed by atoms with Crippen LogP contribution in [0.15, 0.2) is 30.5 Å². The van der Waals surface area contributed by atoms with Crippen LogP contribution in [0.2, 0.25) is 0 Å². The van der Waals surface area contributed by atoms with E-state index in [1.807, 2.05) is 13.8 Å². The third kappa shape index (κ3) is 4.48. The summed E-state index contributed by atoms with van der Waals surface area (Å²) in [4.78, 5) is 15.6. The molecule has 3 rings (SSSR count). The molecule has 0 fully saturated rings. The van der Waals surface area contributed by atoms with Crippen LogP contribution in [-0.4, -0.2) is 39.9 Å². The Bertz CT molecular complexity index is 942. The normalized spacial score (nSPS) is 14.8.